The number of rotatable bonds is 3. The van der Waals surface area contributed by atoms with Gasteiger partial charge in [-0.3, -0.25) is 9.69 Å². The number of hydrogen-bond acceptors (Lipinski definition) is 5. The molecule has 2 aromatic heterocycles. The number of piperidine rings is 1. The van der Waals surface area contributed by atoms with Crippen LogP contribution in [0.5, 0.6) is 5.75 Å². The highest BCUT2D eigenvalue weighted by atomic mass is 19.3. The lowest BCUT2D eigenvalue weighted by Gasteiger charge is -2.39. The van der Waals surface area contributed by atoms with E-state index >= 15 is 0 Å². The molecule has 1 aliphatic rings. The van der Waals surface area contributed by atoms with Crippen LogP contribution in [0.3, 0.4) is 0 Å². The van der Waals surface area contributed by atoms with E-state index in [1.54, 1.807) is 16.6 Å². The summed E-state index contributed by atoms with van der Waals surface area (Å²) < 4.78 is 37.0. The maximum absolute atomic E-state index is 15.0. The second-order valence-electron chi connectivity index (χ2n) is 7.98. The SMILES string of the molecule is COc1c(C(=O)N2CC(c3cc(C)nc4ncnn34)CCC2(F)F)ccc2ccccc12. The predicted molar refractivity (Wildman–Crippen MR) is 114 cm³/mol. The molecule has 0 aliphatic carbocycles. The molecule has 0 saturated carbocycles. The van der Waals surface area contributed by atoms with Gasteiger partial charge in [0.15, 0.2) is 0 Å². The molecule has 7 nitrogen and oxygen atoms in total. The van der Waals surface area contributed by atoms with Crippen LogP contribution in [0.15, 0.2) is 48.8 Å². The Morgan fingerprint density at radius 3 is 2.84 bits per heavy atom. The van der Waals surface area contributed by atoms with Gasteiger partial charge in [-0.05, 0) is 30.9 Å². The summed E-state index contributed by atoms with van der Waals surface area (Å²) in [5.74, 6) is -0.394. The zero-order valence-electron chi connectivity index (χ0n) is 17.6. The molecule has 1 unspecified atom stereocenters. The smallest absolute Gasteiger partial charge is 0.328 e. The highest BCUT2D eigenvalue weighted by Crippen LogP contribution is 2.40. The Morgan fingerprint density at radius 1 is 1.22 bits per heavy atom. The average molecular weight is 437 g/mol. The molecule has 1 saturated heterocycles. The largest absolute Gasteiger partial charge is 0.495 e. The lowest BCUT2D eigenvalue weighted by molar-refractivity contribution is -0.148. The molecule has 5 rings (SSSR count). The van der Waals surface area contributed by atoms with Crippen LogP contribution in [-0.4, -0.2) is 50.1 Å². The molecule has 1 atom stereocenters. The highest BCUT2D eigenvalue weighted by Gasteiger charge is 2.47. The number of nitrogens with zero attached hydrogens (tertiary/aromatic N) is 5. The molecule has 0 spiro atoms. The van der Waals surface area contributed by atoms with Crippen molar-refractivity contribution in [1.82, 2.24) is 24.5 Å². The number of ether oxygens (including phenoxy) is 1. The minimum atomic E-state index is -3.27. The number of amides is 1. The number of methoxy groups -OCH3 is 1. The number of hydrogen-bond donors (Lipinski definition) is 0. The van der Waals surface area contributed by atoms with Gasteiger partial charge in [0.2, 0.25) is 0 Å². The number of fused-ring (bicyclic) bond motifs is 2. The minimum absolute atomic E-state index is 0.114. The van der Waals surface area contributed by atoms with E-state index in [0.29, 0.717) is 33.2 Å². The van der Waals surface area contributed by atoms with Crippen molar-refractivity contribution in [2.75, 3.05) is 13.7 Å². The van der Waals surface area contributed by atoms with E-state index < -0.39 is 18.4 Å². The number of likely N-dealkylation sites (tertiary alicyclic amines) is 1. The Labute approximate surface area is 182 Å². The van der Waals surface area contributed by atoms with Gasteiger partial charge in [-0.2, -0.15) is 18.9 Å². The van der Waals surface area contributed by atoms with Gasteiger partial charge < -0.3 is 4.74 Å². The molecule has 0 N–H and O–H groups in total. The molecule has 0 bridgehead atoms. The first-order valence-electron chi connectivity index (χ1n) is 10.3. The van der Waals surface area contributed by atoms with E-state index in [9.17, 15) is 13.6 Å². The Hall–Kier alpha value is -3.62. The van der Waals surface area contributed by atoms with Crippen LogP contribution in [0.4, 0.5) is 8.78 Å². The van der Waals surface area contributed by atoms with Crippen molar-refractivity contribution < 1.29 is 18.3 Å². The van der Waals surface area contributed by atoms with Gasteiger partial charge in [0, 0.05) is 30.0 Å². The van der Waals surface area contributed by atoms with E-state index in [1.165, 1.54) is 13.4 Å². The van der Waals surface area contributed by atoms with Crippen LogP contribution in [0.25, 0.3) is 16.6 Å². The van der Waals surface area contributed by atoms with Crippen LogP contribution in [0.1, 0.15) is 40.5 Å². The van der Waals surface area contributed by atoms with Crippen LogP contribution >= 0.6 is 0 Å². The maximum Gasteiger partial charge on any atom is 0.328 e. The zero-order valence-corrected chi connectivity index (χ0v) is 17.6. The van der Waals surface area contributed by atoms with E-state index in [-0.39, 0.29) is 24.4 Å². The lowest BCUT2D eigenvalue weighted by Crippen LogP contribution is -2.51. The van der Waals surface area contributed by atoms with E-state index in [0.717, 1.165) is 5.39 Å². The third-order valence-corrected chi connectivity index (χ3v) is 5.98. The molecule has 1 aliphatic heterocycles. The first kappa shape index (κ1) is 20.3. The standard InChI is InChI=1S/C23H21F2N5O2/c1-14-11-19(30-22(28-14)26-13-27-30)16-9-10-23(24,25)29(12-16)21(31)18-8-7-15-5-3-4-6-17(15)20(18)32-2/h3-8,11,13,16H,9-10,12H2,1-2H3. The van der Waals surface area contributed by atoms with Gasteiger partial charge in [-0.1, -0.05) is 30.3 Å². The fourth-order valence-electron chi connectivity index (χ4n) is 4.43. The van der Waals surface area contributed by atoms with Gasteiger partial charge in [0.1, 0.15) is 12.1 Å². The summed E-state index contributed by atoms with van der Waals surface area (Å²) in [4.78, 5) is 22.5. The number of aromatic nitrogens is 4. The highest BCUT2D eigenvalue weighted by molar-refractivity contribution is 6.04. The molecule has 3 heterocycles. The number of carbonyl (C=O) groups is 1. The zero-order chi connectivity index (χ0) is 22.5. The van der Waals surface area contributed by atoms with Gasteiger partial charge in [0.25, 0.3) is 11.7 Å². The number of halogens is 2. The van der Waals surface area contributed by atoms with Crippen LogP contribution < -0.4 is 4.74 Å². The molecule has 9 heteroatoms. The molecule has 4 aromatic rings. The average Bonchev–Trinajstić information content (AvgIpc) is 3.25. The topological polar surface area (TPSA) is 72.6 Å². The second kappa shape index (κ2) is 7.51. The number of benzene rings is 2. The quantitative estimate of drug-likeness (QED) is 0.449. The Kier molecular flexibility index (Phi) is 4.76. The van der Waals surface area contributed by atoms with Crippen molar-refractivity contribution in [1.29, 1.82) is 0 Å². The van der Waals surface area contributed by atoms with Crippen molar-refractivity contribution in [2.24, 2.45) is 0 Å². The van der Waals surface area contributed by atoms with E-state index in [2.05, 4.69) is 15.1 Å². The van der Waals surface area contributed by atoms with Gasteiger partial charge in [-0.15, -0.1) is 0 Å². The van der Waals surface area contributed by atoms with E-state index in [1.807, 2.05) is 37.3 Å². The minimum Gasteiger partial charge on any atom is -0.495 e. The van der Waals surface area contributed by atoms with Crippen molar-refractivity contribution >= 4 is 22.5 Å². The lowest BCUT2D eigenvalue weighted by atomic mass is 9.92. The molecule has 0 radical (unpaired) electrons. The summed E-state index contributed by atoms with van der Waals surface area (Å²) in [5.41, 5.74) is 1.54. The molecule has 1 amide bonds. The summed E-state index contributed by atoms with van der Waals surface area (Å²) in [6, 6.07) is 9.22. The summed E-state index contributed by atoms with van der Waals surface area (Å²) >= 11 is 0. The number of alkyl halides is 2. The normalized spacial score (nSPS) is 18.2. The third kappa shape index (κ3) is 3.24. The monoisotopic (exact) mass is 437 g/mol. The maximum atomic E-state index is 15.0. The molecule has 32 heavy (non-hydrogen) atoms. The molecule has 2 aromatic carbocycles. The fraction of sp³-hybridized carbons (Fsp3) is 0.304. The van der Waals surface area contributed by atoms with Gasteiger partial charge in [-0.25, -0.2) is 9.50 Å². The third-order valence-electron chi connectivity index (χ3n) is 5.98. The summed E-state index contributed by atoms with van der Waals surface area (Å²) in [7, 11) is 1.44. The number of carbonyl (C=O) groups excluding carboxylic acids is 1. The predicted octanol–water partition coefficient (Wildman–Crippen LogP) is 4.21. The summed E-state index contributed by atoms with van der Waals surface area (Å²) in [5, 5.41) is 5.76. The first-order valence-corrected chi connectivity index (χ1v) is 10.3. The van der Waals surface area contributed by atoms with Gasteiger partial charge >= 0.3 is 6.05 Å². The van der Waals surface area contributed by atoms with Crippen LogP contribution in [0.2, 0.25) is 0 Å². The van der Waals surface area contributed by atoms with E-state index in [4.69, 9.17) is 4.74 Å². The van der Waals surface area contributed by atoms with Crippen LogP contribution in [0, 0.1) is 6.92 Å². The summed E-state index contributed by atoms with van der Waals surface area (Å²) in [6.07, 6.45) is 1.15. The van der Waals surface area contributed by atoms with Crippen molar-refractivity contribution in [3.05, 3.63) is 65.7 Å². The Morgan fingerprint density at radius 2 is 2.03 bits per heavy atom. The fourth-order valence-corrected chi connectivity index (χ4v) is 4.43. The number of aryl methyl sites for hydroxylation is 1. The second-order valence-corrected chi connectivity index (χ2v) is 7.98. The van der Waals surface area contributed by atoms with Crippen molar-refractivity contribution in [3.8, 4) is 5.75 Å². The van der Waals surface area contributed by atoms with Crippen LogP contribution in [-0.2, 0) is 0 Å². The first-order chi connectivity index (χ1) is 15.4. The Balaban J connectivity index is 1.55. The van der Waals surface area contributed by atoms with Crippen molar-refractivity contribution in [2.45, 2.75) is 31.7 Å². The molecule has 1 fully saturated rings. The Bertz CT molecular complexity index is 1340. The molecular weight excluding hydrogens is 416 g/mol. The molecule has 164 valence electrons. The molecular formula is C23H21F2N5O2. The van der Waals surface area contributed by atoms with Crippen molar-refractivity contribution in [3.63, 3.8) is 0 Å². The summed E-state index contributed by atoms with van der Waals surface area (Å²) in [6.45, 7) is 1.67. The van der Waals surface area contributed by atoms with Gasteiger partial charge in [0.05, 0.1) is 18.4 Å².